The highest BCUT2D eigenvalue weighted by Crippen LogP contribution is 2.22. The maximum atomic E-state index is 12.2. The highest BCUT2D eigenvalue weighted by Gasteiger charge is 2.24. The maximum absolute atomic E-state index is 12.2. The molecule has 1 aromatic heterocycles. The van der Waals surface area contributed by atoms with Gasteiger partial charge < -0.3 is 4.90 Å². The van der Waals surface area contributed by atoms with Crippen molar-refractivity contribution in [3.8, 4) is 0 Å². The Bertz CT molecular complexity index is 382. The third-order valence-electron chi connectivity index (χ3n) is 2.84. The number of carbonyl (C=O) groups excluding carboxylic acids is 1. The van der Waals surface area contributed by atoms with Gasteiger partial charge in [-0.05, 0) is 47.4 Å². The zero-order chi connectivity index (χ0) is 11.5. The molecule has 2 rings (SSSR count). The summed E-state index contributed by atoms with van der Waals surface area (Å²) in [4.78, 5) is 14.2. The van der Waals surface area contributed by atoms with Crippen LogP contribution in [0.5, 0.6) is 0 Å². The second-order valence-corrected chi connectivity index (χ2v) is 7.51. The topological polar surface area (TPSA) is 20.3 Å². The fourth-order valence-electron chi connectivity index (χ4n) is 1.98. The molecule has 1 aliphatic heterocycles. The largest absolute Gasteiger partial charge is 0.338 e. The van der Waals surface area contributed by atoms with Gasteiger partial charge in [0.25, 0.3) is 5.91 Å². The van der Waals surface area contributed by atoms with Crippen molar-refractivity contribution < 1.29 is 4.79 Å². The smallest absolute Gasteiger partial charge is 0.254 e. The van der Waals surface area contributed by atoms with Gasteiger partial charge in [0.1, 0.15) is 0 Å². The lowest BCUT2D eigenvalue weighted by atomic mass is 10.00. The molecule has 0 aliphatic carbocycles. The third-order valence-corrected chi connectivity index (χ3v) is 5.54. The molecule has 0 bridgehead atoms. The van der Waals surface area contributed by atoms with Crippen molar-refractivity contribution in [2.45, 2.75) is 12.8 Å². The van der Waals surface area contributed by atoms with E-state index in [-0.39, 0.29) is 5.91 Å². The van der Waals surface area contributed by atoms with Crippen LogP contribution in [0.4, 0.5) is 0 Å². The molecule has 88 valence electrons. The molecule has 0 spiro atoms. The van der Waals surface area contributed by atoms with E-state index in [2.05, 4.69) is 38.5 Å². The van der Waals surface area contributed by atoms with Crippen molar-refractivity contribution in [2.75, 3.05) is 18.4 Å². The van der Waals surface area contributed by atoms with Crippen LogP contribution in [0.3, 0.4) is 0 Å². The number of rotatable bonds is 2. The number of carbonyl (C=O) groups is 1. The van der Waals surface area contributed by atoms with E-state index in [1.165, 1.54) is 9.30 Å². The molecule has 5 heteroatoms. The second-order valence-electron chi connectivity index (χ2n) is 4.05. The Morgan fingerprint density at radius 2 is 2.50 bits per heavy atom. The van der Waals surface area contributed by atoms with Crippen molar-refractivity contribution >= 4 is 55.8 Å². The molecule has 2 heterocycles. The Labute approximate surface area is 122 Å². The molecule has 1 aromatic rings. The summed E-state index contributed by atoms with van der Waals surface area (Å²) in [7, 11) is 0. The van der Waals surface area contributed by atoms with Gasteiger partial charge in [-0.15, -0.1) is 11.3 Å². The van der Waals surface area contributed by atoms with Crippen molar-refractivity contribution in [1.29, 1.82) is 0 Å². The van der Waals surface area contributed by atoms with E-state index >= 15 is 0 Å². The van der Waals surface area contributed by atoms with Gasteiger partial charge in [-0.2, -0.15) is 0 Å². The average Bonchev–Trinajstić information content (AvgIpc) is 2.75. The molecule has 1 aliphatic rings. The van der Waals surface area contributed by atoms with Crippen LogP contribution >= 0.6 is 49.9 Å². The number of halogens is 2. The van der Waals surface area contributed by atoms with E-state index in [9.17, 15) is 4.79 Å². The van der Waals surface area contributed by atoms with Crippen LogP contribution in [-0.4, -0.2) is 29.2 Å². The Kier molecular flexibility index (Phi) is 4.66. The minimum Gasteiger partial charge on any atom is -0.338 e. The van der Waals surface area contributed by atoms with Gasteiger partial charge in [0.15, 0.2) is 0 Å². The number of alkyl halides is 1. The van der Waals surface area contributed by atoms with Crippen LogP contribution in [0, 0.1) is 8.80 Å². The first kappa shape index (κ1) is 12.8. The van der Waals surface area contributed by atoms with Gasteiger partial charge in [0, 0.05) is 23.8 Å². The number of nitrogens with zero attached hydrogens (tertiary/aromatic N) is 1. The fraction of sp³-hybridized carbons (Fsp3) is 0.545. The Balaban J connectivity index is 2.04. The first-order chi connectivity index (χ1) is 7.70. The zero-order valence-corrected chi connectivity index (χ0v) is 13.3. The molecule has 0 N–H and O–H groups in total. The minimum absolute atomic E-state index is 0.199. The van der Waals surface area contributed by atoms with Crippen LogP contribution in [0.1, 0.15) is 23.2 Å². The number of hydrogen-bond donors (Lipinski definition) is 0. The standard InChI is InChI=1S/C11H13BrINOS/c12-5-8-2-1-3-14(6-8)11(15)9-4-10(13)16-7-9/h4,7-8H,1-3,5-6H2. The molecule has 2 nitrogen and oxygen atoms in total. The molecule has 1 fully saturated rings. The van der Waals surface area contributed by atoms with Gasteiger partial charge in [-0.1, -0.05) is 15.9 Å². The quantitative estimate of drug-likeness (QED) is 0.535. The van der Waals surface area contributed by atoms with E-state index in [0.717, 1.165) is 30.4 Å². The van der Waals surface area contributed by atoms with Crippen molar-refractivity contribution in [3.63, 3.8) is 0 Å². The van der Waals surface area contributed by atoms with Crippen molar-refractivity contribution in [3.05, 3.63) is 19.9 Å². The van der Waals surface area contributed by atoms with Crippen LogP contribution in [0.15, 0.2) is 11.4 Å². The highest BCUT2D eigenvalue weighted by molar-refractivity contribution is 14.1. The summed E-state index contributed by atoms with van der Waals surface area (Å²) in [5.41, 5.74) is 0.852. The number of thiophene rings is 1. The third kappa shape index (κ3) is 2.98. The average molecular weight is 414 g/mol. The molecular weight excluding hydrogens is 401 g/mol. The second kappa shape index (κ2) is 5.82. The van der Waals surface area contributed by atoms with Gasteiger partial charge in [-0.3, -0.25) is 4.79 Å². The SMILES string of the molecule is O=C(c1csc(I)c1)N1CCCC(CBr)C1. The molecule has 0 saturated carbocycles. The molecule has 0 aromatic carbocycles. The van der Waals surface area contributed by atoms with Gasteiger partial charge in [-0.25, -0.2) is 0 Å². The summed E-state index contributed by atoms with van der Waals surface area (Å²) in [6, 6.07) is 1.98. The normalized spacial score (nSPS) is 21.1. The summed E-state index contributed by atoms with van der Waals surface area (Å²) in [6.45, 7) is 1.81. The van der Waals surface area contributed by atoms with Gasteiger partial charge in [0.2, 0.25) is 0 Å². The summed E-state index contributed by atoms with van der Waals surface area (Å²) < 4.78 is 1.18. The van der Waals surface area contributed by atoms with Crippen LogP contribution in [0.25, 0.3) is 0 Å². The molecule has 0 radical (unpaired) electrons. The first-order valence-corrected chi connectivity index (χ1v) is 8.38. The maximum Gasteiger partial charge on any atom is 0.254 e. The minimum atomic E-state index is 0.199. The fourth-order valence-corrected chi connectivity index (χ4v) is 3.83. The lowest BCUT2D eigenvalue weighted by Crippen LogP contribution is -2.40. The predicted molar refractivity (Wildman–Crippen MR) is 79.5 cm³/mol. The first-order valence-electron chi connectivity index (χ1n) is 5.30. The number of piperidine rings is 1. The molecule has 1 atom stereocenters. The molecule has 1 unspecified atom stereocenters. The summed E-state index contributed by atoms with van der Waals surface area (Å²) in [5, 5.41) is 2.96. The van der Waals surface area contributed by atoms with Crippen molar-refractivity contribution in [2.24, 2.45) is 5.92 Å². The predicted octanol–water partition coefficient (Wildman–Crippen LogP) is 3.60. The van der Waals surface area contributed by atoms with E-state index in [1.54, 1.807) is 11.3 Å². The number of likely N-dealkylation sites (tertiary alicyclic amines) is 1. The molecule has 1 saturated heterocycles. The number of hydrogen-bond acceptors (Lipinski definition) is 2. The lowest BCUT2D eigenvalue weighted by molar-refractivity contribution is 0.0686. The summed E-state index contributed by atoms with van der Waals surface area (Å²) >= 11 is 7.40. The number of amides is 1. The van der Waals surface area contributed by atoms with Crippen LogP contribution in [-0.2, 0) is 0 Å². The Hall–Kier alpha value is 0.380. The lowest BCUT2D eigenvalue weighted by Gasteiger charge is -2.31. The van der Waals surface area contributed by atoms with Gasteiger partial charge >= 0.3 is 0 Å². The van der Waals surface area contributed by atoms with E-state index < -0.39 is 0 Å². The highest BCUT2D eigenvalue weighted by atomic mass is 127. The monoisotopic (exact) mass is 413 g/mol. The van der Waals surface area contributed by atoms with Crippen LogP contribution in [0.2, 0.25) is 0 Å². The summed E-state index contributed by atoms with van der Waals surface area (Å²) in [6.07, 6.45) is 2.36. The molecule has 1 amide bonds. The summed E-state index contributed by atoms with van der Waals surface area (Å²) in [5.74, 6) is 0.820. The van der Waals surface area contributed by atoms with Gasteiger partial charge in [0.05, 0.1) is 8.45 Å². The van der Waals surface area contributed by atoms with Crippen molar-refractivity contribution in [1.82, 2.24) is 4.90 Å². The van der Waals surface area contributed by atoms with E-state index in [4.69, 9.17) is 0 Å². The Morgan fingerprint density at radius 1 is 1.69 bits per heavy atom. The molecular formula is C11H13BrINOS. The van der Waals surface area contributed by atoms with E-state index in [0.29, 0.717) is 5.92 Å². The van der Waals surface area contributed by atoms with E-state index in [1.807, 2.05) is 16.3 Å². The van der Waals surface area contributed by atoms with Crippen LogP contribution < -0.4 is 0 Å². The zero-order valence-electron chi connectivity index (χ0n) is 8.79. The molecule has 16 heavy (non-hydrogen) atoms. The Morgan fingerprint density at radius 3 is 3.12 bits per heavy atom.